The lowest BCUT2D eigenvalue weighted by Crippen LogP contribution is -2.38. The van der Waals surface area contributed by atoms with Crippen molar-refractivity contribution in [1.82, 2.24) is 4.90 Å². The average molecular weight is 300 g/mol. The second kappa shape index (κ2) is 6.51. The van der Waals surface area contributed by atoms with Crippen LogP contribution in [0.25, 0.3) is 0 Å². The number of nitrogens with zero attached hydrogens (tertiary/aromatic N) is 2. The van der Waals surface area contributed by atoms with Crippen LogP contribution in [0.15, 0.2) is 30.3 Å². The molecule has 2 aliphatic rings. The molecule has 4 heteroatoms. The molecule has 2 amide bonds. The van der Waals surface area contributed by atoms with Crippen molar-refractivity contribution in [3.05, 3.63) is 30.3 Å². The summed E-state index contributed by atoms with van der Waals surface area (Å²) >= 11 is 0. The summed E-state index contributed by atoms with van der Waals surface area (Å²) in [6.45, 7) is 4.36. The fourth-order valence-corrected chi connectivity index (χ4v) is 3.36. The number of para-hydroxylation sites is 1. The highest BCUT2D eigenvalue weighted by Crippen LogP contribution is 2.42. The molecule has 0 aromatic heterocycles. The first-order valence-corrected chi connectivity index (χ1v) is 8.37. The van der Waals surface area contributed by atoms with Crippen LogP contribution < -0.4 is 4.90 Å². The van der Waals surface area contributed by atoms with Gasteiger partial charge in [0.15, 0.2) is 0 Å². The summed E-state index contributed by atoms with van der Waals surface area (Å²) in [6, 6.07) is 9.72. The number of carbonyl (C=O) groups excluding carboxylic acids is 2. The maximum absolute atomic E-state index is 12.7. The van der Waals surface area contributed by atoms with Crippen LogP contribution in [0.5, 0.6) is 0 Å². The molecule has 0 bridgehead atoms. The summed E-state index contributed by atoms with van der Waals surface area (Å²) in [4.78, 5) is 28.9. The van der Waals surface area contributed by atoms with Gasteiger partial charge >= 0.3 is 0 Å². The topological polar surface area (TPSA) is 40.6 Å². The molecule has 1 aliphatic heterocycles. The highest BCUT2D eigenvalue weighted by atomic mass is 16.2. The molecule has 1 saturated carbocycles. The van der Waals surface area contributed by atoms with Gasteiger partial charge in [0.25, 0.3) is 0 Å². The van der Waals surface area contributed by atoms with Gasteiger partial charge in [0.1, 0.15) is 0 Å². The van der Waals surface area contributed by atoms with E-state index >= 15 is 0 Å². The van der Waals surface area contributed by atoms with Gasteiger partial charge in [-0.25, -0.2) is 0 Å². The Hall–Kier alpha value is -1.84. The van der Waals surface area contributed by atoms with Crippen LogP contribution in [0.4, 0.5) is 5.69 Å². The van der Waals surface area contributed by atoms with Crippen LogP contribution in [-0.4, -0.2) is 36.3 Å². The van der Waals surface area contributed by atoms with Crippen molar-refractivity contribution >= 4 is 17.5 Å². The summed E-state index contributed by atoms with van der Waals surface area (Å²) in [6.07, 6.45) is 4.14. The Labute approximate surface area is 132 Å². The molecular weight excluding hydrogens is 276 g/mol. The molecule has 2 unspecified atom stereocenters. The second-order valence-electron chi connectivity index (χ2n) is 6.25. The van der Waals surface area contributed by atoms with E-state index in [0.717, 1.165) is 38.0 Å². The minimum atomic E-state index is -0.116. The molecule has 0 N–H and O–H groups in total. The van der Waals surface area contributed by atoms with Crippen molar-refractivity contribution in [2.45, 2.75) is 32.6 Å². The molecule has 2 fully saturated rings. The van der Waals surface area contributed by atoms with E-state index < -0.39 is 0 Å². The Bertz CT molecular complexity index is 537. The number of anilines is 1. The van der Waals surface area contributed by atoms with E-state index in [1.165, 1.54) is 6.42 Å². The van der Waals surface area contributed by atoms with E-state index in [-0.39, 0.29) is 23.7 Å². The van der Waals surface area contributed by atoms with Crippen LogP contribution in [0.3, 0.4) is 0 Å². The molecule has 22 heavy (non-hydrogen) atoms. The summed E-state index contributed by atoms with van der Waals surface area (Å²) in [5.41, 5.74) is 0.922. The third kappa shape index (κ3) is 3.01. The summed E-state index contributed by atoms with van der Waals surface area (Å²) in [5.74, 6) is 0.101. The molecule has 4 nitrogen and oxygen atoms in total. The lowest BCUT2D eigenvalue weighted by atomic mass is 10.1. The number of amides is 2. The fraction of sp³-hybridized carbons (Fsp3) is 0.556. The summed E-state index contributed by atoms with van der Waals surface area (Å²) in [5, 5.41) is 0. The molecule has 1 aromatic rings. The van der Waals surface area contributed by atoms with E-state index in [1.54, 1.807) is 4.90 Å². The standard InChI is InChI=1S/C18H24N2O2/c1-2-20(14-9-5-3-6-10-14)18(22)16-13-15(16)17(21)19-11-7-4-8-12-19/h3,5-6,9-10,15-16H,2,4,7-8,11-13H2,1H3. The normalized spacial score (nSPS) is 24.0. The van der Waals surface area contributed by atoms with Gasteiger partial charge in [0.2, 0.25) is 11.8 Å². The average Bonchev–Trinajstić information content (AvgIpc) is 3.37. The third-order valence-electron chi connectivity index (χ3n) is 4.74. The van der Waals surface area contributed by atoms with E-state index in [2.05, 4.69) is 0 Å². The zero-order valence-electron chi connectivity index (χ0n) is 13.2. The molecule has 118 valence electrons. The molecular formula is C18H24N2O2. The lowest BCUT2D eigenvalue weighted by molar-refractivity contribution is -0.135. The van der Waals surface area contributed by atoms with Crippen LogP contribution in [0.1, 0.15) is 32.6 Å². The first-order valence-electron chi connectivity index (χ1n) is 8.37. The van der Waals surface area contributed by atoms with Gasteiger partial charge in [0.05, 0.1) is 11.8 Å². The Kier molecular flexibility index (Phi) is 4.46. The van der Waals surface area contributed by atoms with Crippen molar-refractivity contribution in [3.8, 4) is 0 Å². The van der Waals surface area contributed by atoms with Gasteiger partial charge in [-0.15, -0.1) is 0 Å². The predicted molar refractivity (Wildman–Crippen MR) is 86.5 cm³/mol. The number of benzene rings is 1. The van der Waals surface area contributed by atoms with E-state index in [1.807, 2.05) is 42.2 Å². The quantitative estimate of drug-likeness (QED) is 0.858. The molecule has 1 aromatic carbocycles. The Balaban J connectivity index is 1.63. The zero-order chi connectivity index (χ0) is 15.5. The molecule has 3 rings (SSSR count). The molecule has 1 saturated heterocycles. The zero-order valence-corrected chi connectivity index (χ0v) is 13.2. The smallest absolute Gasteiger partial charge is 0.230 e. The monoisotopic (exact) mass is 300 g/mol. The summed E-state index contributed by atoms with van der Waals surface area (Å²) < 4.78 is 0. The largest absolute Gasteiger partial charge is 0.342 e. The van der Waals surface area contributed by atoms with Crippen molar-refractivity contribution < 1.29 is 9.59 Å². The molecule has 0 spiro atoms. The molecule has 1 heterocycles. The number of piperidine rings is 1. The molecule has 2 atom stereocenters. The van der Waals surface area contributed by atoms with Crippen molar-refractivity contribution in [1.29, 1.82) is 0 Å². The van der Waals surface area contributed by atoms with E-state index in [0.29, 0.717) is 6.54 Å². The van der Waals surface area contributed by atoms with Crippen molar-refractivity contribution in [2.75, 3.05) is 24.5 Å². The number of hydrogen-bond acceptors (Lipinski definition) is 2. The Morgan fingerprint density at radius 2 is 1.77 bits per heavy atom. The van der Waals surface area contributed by atoms with E-state index in [4.69, 9.17) is 0 Å². The van der Waals surface area contributed by atoms with Crippen LogP contribution in [-0.2, 0) is 9.59 Å². The van der Waals surface area contributed by atoms with Crippen molar-refractivity contribution in [2.24, 2.45) is 11.8 Å². The SMILES string of the molecule is CCN(C(=O)C1CC1C(=O)N1CCCCC1)c1ccccc1. The Morgan fingerprint density at radius 3 is 2.41 bits per heavy atom. The summed E-state index contributed by atoms with van der Waals surface area (Å²) in [7, 11) is 0. The van der Waals surface area contributed by atoms with Gasteiger partial charge in [0, 0.05) is 25.3 Å². The first-order chi connectivity index (χ1) is 10.7. The number of likely N-dealkylation sites (tertiary alicyclic amines) is 1. The van der Waals surface area contributed by atoms with Gasteiger partial charge in [-0.2, -0.15) is 0 Å². The predicted octanol–water partition coefficient (Wildman–Crippen LogP) is 2.69. The minimum absolute atomic E-state index is 0.0802. The minimum Gasteiger partial charge on any atom is -0.342 e. The Morgan fingerprint density at radius 1 is 1.09 bits per heavy atom. The van der Waals surface area contributed by atoms with Crippen molar-refractivity contribution in [3.63, 3.8) is 0 Å². The lowest BCUT2D eigenvalue weighted by Gasteiger charge is -2.27. The molecule has 0 radical (unpaired) electrons. The van der Waals surface area contributed by atoms with Gasteiger partial charge in [-0.05, 0) is 44.7 Å². The third-order valence-corrected chi connectivity index (χ3v) is 4.74. The maximum atomic E-state index is 12.7. The van der Waals surface area contributed by atoms with Crippen LogP contribution in [0.2, 0.25) is 0 Å². The maximum Gasteiger partial charge on any atom is 0.230 e. The van der Waals surface area contributed by atoms with Gasteiger partial charge in [-0.1, -0.05) is 18.2 Å². The highest BCUT2D eigenvalue weighted by Gasteiger charge is 2.50. The highest BCUT2D eigenvalue weighted by molar-refractivity contribution is 6.01. The van der Waals surface area contributed by atoms with E-state index in [9.17, 15) is 9.59 Å². The number of carbonyl (C=O) groups is 2. The van der Waals surface area contributed by atoms with Crippen LogP contribution in [0, 0.1) is 11.8 Å². The van der Waals surface area contributed by atoms with Gasteiger partial charge < -0.3 is 9.80 Å². The first kappa shape index (κ1) is 15.1. The second-order valence-corrected chi connectivity index (χ2v) is 6.25. The van der Waals surface area contributed by atoms with Crippen LogP contribution >= 0.6 is 0 Å². The van der Waals surface area contributed by atoms with Gasteiger partial charge in [-0.3, -0.25) is 9.59 Å². The number of rotatable bonds is 4. The molecule has 1 aliphatic carbocycles. The fourth-order valence-electron chi connectivity index (χ4n) is 3.36. The number of hydrogen-bond donors (Lipinski definition) is 0.